The molecule has 3 aromatic carbocycles. The smallest absolute Gasteiger partial charge is 0.269 e. The first-order valence-corrected chi connectivity index (χ1v) is 15.1. The average molecular weight is 652 g/mol. The largest absolute Gasteiger partial charge is 0.487 e. The Balaban J connectivity index is 1.13. The zero-order chi connectivity index (χ0) is 32.1. The Bertz CT molecular complexity index is 1730. The van der Waals surface area contributed by atoms with Crippen LogP contribution in [0.3, 0.4) is 0 Å². The van der Waals surface area contributed by atoms with Gasteiger partial charge in [-0.3, -0.25) is 24.6 Å². The average Bonchev–Trinajstić information content (AvgIpc) is 3.03. The molecule has 5 rings (SSSR count). The van der Waals surface area contributed by atoms with E-state index in [9.17, 15) is 19.7 Å². The van der Waals surface area contributed by atoms with Crippen LogP contribution in [0.15, 0.2) is 66.7 Å². The molecule has 2 amide bonds. The number of carbonyl (C=O) groups excluding carboxylic acids is 2. The molecule has 45 heavy (non-hydrogen) atoms. The van der Waals surface area contributed by atoms with Crippen LogP contribution < -0.4 is 19.9 Å². The highest BCUT2D eigenvalue weighted by molar-refractivity contribution is 6.38. The number of hydrogen-bond acceptors (Lipinski definition) is 8. The van der Waals surface area contributed by atoms with Crippen molar-refractivity contribution in [1.82, 2.24) is 15.2 Å². The van der Waals surface area contributed by atoms with Gasteiger partial charge in [-0.15, -0.1) is 0 Å². The van der Waals surface area contributed by atoms with E-state index in [4.69, 9.17) is 27.9 Å². The fourth-order valence-electron chi connectivity index (χ4n) is 5.10. The maximum Gasteiger partial charge on any atom is 0.269 e. The second-order valence-corrected chi connectivity index (χ2v) is 11.5. The molecule has 13 heteroatoms. The summed E-state index contributed by atoms with van der Waals surface area (Å²) in [6, 6.07) is 19.3. The van der Waals surface area contributed by atoms with Crippen molar-refractivity contribution in [3.63, 3.8) is 0 Å². The number of nitrogens with one attached hydrogen (secondary N) is 1. The first-order valence-electron chi connectivity index (χ1n) is 14.3. The van der Waals surface area contributed by atoms with E-state index in [0.29, 0.717) is 48.2 Å². The van der Waals surface area contributed by atoms with Gasteiger partial charge in [-0.05, 0) is 43.3 Å². The molecule has 1 fully saturated rings. The number of piperazine rings is 1. The van der Waals surface area contributed by atoms with Crippen molar-refractivity contribution in [3.05, 3.63) is 98.1 Å². The van der Waals surface area contributed by atoms with Gasteiger partial charge in [-0.2, -0.15) is 0 Å². The van der Waals surface area contributed by atoms with Crippen molar-refractivity contribution in [2.45, 2.75) is 13.5 Å². The summed E-state index contributed by atoms with van der Waals surface area (Å²) in [5.41, 5.74) is 3.51. The van der Waals surface area contributed by atoms with Gasteiger partial charge >= 0.3 is 0 Å². The Labute approximate surface area is 270 Å². The molecular formula is C32H32Cl2N6O5. The van der Waals surface area contributed by atoms with E-state index in [1.54, 1.807) is 31.3 Å². The number of aromatic nitrogens is 1. The second-order valence-electron chi connectivity index (χ2n) is 10.7. The maximum atomic E-state index is 13.0. The third-order valence-electron chi connectivity index (χ3n) is 7.70. The highest BCUT2D eigenvalue weighted by Crippen LogP contribution is 2.35. The molecule has 1 saturated heterocycles. The Hall–Kier alpha value is -4.45. The molecule has 0 unspecified atom stereocenters. The van der Waals surface area contributed by atoms with Crippen molar-refractivity contribution >= 4 is 63.0 Å². The van der Waals surface area contributed by atoms with Gasteiger partial charge in [0.1, 0.15) is 17.9 Å². The number of aryl methyl sites for hydroxylation is 1. The van der Waals surface area contributed by atoms with Crippen LogP contribution in [0, 0.1) is 17.0 Å². The summed E-state index contributed by atoms with van der Waals surface area (Å²) in [7, 11) is 1.59. The second kappa shape index (κ2) is 14.1. The quantitative estimate of drug-likeness (QED) is 0.183. The molecule has 234 valence electrons. The molecule has 0 saturated carbocycles. The highest BCUT2D eigenvalue weighted by Gasteiger charge is 2.22. The number of hydrogen-bond donors (Lipinski definition) is 1. The molecule has 1 aliphatic heterocycles. The Morgan fingerprint density at radius 3 is 2.47 bits per heavy atom. The number of para-hydroxylation sites is 1. The minimum Gasteiger partial charge on any atom is -0.487 e. The monoisotopic (exact) mass is 650 g/mol. The highest BCUT2D eigenvalue weighted by atomic mass is 35.5. The van der Waals surface area contributed by atoms with Gasteiger partial charge in [0.2, 0.25) is 11.8 Å². The van der Waals surface area contributed by atoms with Crippen LogP contribution in [0.1, 0.15) is 11.3 Å². The fourth-order valence-corrected chi connectivity index (χ4v) is 5.70. The van der Waals surface area contributed by atoms with Crippen LogP contribution in [0.4, 0.5) is 17.1 Å². The molecule has 4 aromatic rings. The summed E-state index contributed by atoms with van der Waals surface area (Å²) < 4.78 is 6.09. The van der Waals surface area contributed by atoms with Gasteiger partial charge < -0.3 is 19.9 Å². The fraction of sp³-hybridized carbons (Fsp3) is 0.281. The van der Waals surface area contributed by atoms with E-state index in [1.165, 1.54) is 17.0 Å². The molecule has 1 aliphatic rings. The van der Waals surface area contributed by atoms with Gasteiger partial charge in [0, 0.05) is 72.7 Å². The van der Waals surface area contributed by atoms with Gasteiger partial charge in [0.15, 0.2) is 0 Å². The number of pyridine rings is 1. The van der Waals surface area contributed by atoms with Crippen LogP contribution in [-0.2, 0) is 16.2 Å². The van der Waals surface area contributed by atoms with Gasteiger partial charge in [0.25, 0.3) is 5.69 Å². The molecule has 11 nitrogen and oxygen atoms in total. The number of carbonyl (C=O) groups is 2. The van der Waals surface area contributed by atoms with E-state index in [0.717, 1.165) is 22.3 Å². The van der Waals surface area contributed by atoms with Gasteiger partial charge in [-0.1, -0.05) is 41.4 Å². The van der Waals surface area contributed by atoms with Crippen LogP contribution in [0.25, 0.3) is 10.9 Å². The number of benzene rings is 3. The van der Waals surface area contributed by atoms with Crippen molar-refractivity contribution < 1.29 is 19.2 Å². The number of nitrogens with zero attached hydrogens (tertiary/aromatic N) is 5. The summed E-state index contributed by atoms with van der Waals surface area (Å²) in [6.45, 7) is 4.54. The number of rotatable bonds is 10. The topological polar surface area (TPSA) is 121 Å². The van der Waals surface area contributed by atoms with E-state index >= 15 is 0 Å². The first kappa shape index (κ1) is 32.0. The number of halogens is 2. The van der Waals surface area contributed by atoms with Crippen molar-refractivity contribution in [1.29, 1.82) is 0 Å². The van der Waals surface area contributed by atoms with Crippen molar-refractivity contribution in [3.8, 4) is 5.75 Å². The lowest BCUT2D eigenvalue weighted by Crippen LogP contribution is -2.50. The summed E-state index contributed by atoms with van der Waals surface area (Å²) in [6.07, 6.45) is 0. The minimum atomic E-state index is -0.424. The van der Waals surface area contributed by atoms with Gasteiger partial charge in [-0.25, -0.2) is 4.98 Å². The predicted molar refractivity (Wildman–Crippen MR) is 175 cm³/mol. The molecule has 1 N–H and O–H groups in total. The number of nitro groups is 1. The van der Waals surface area contributed by atoms with Crippen LogP contribution in [0.5, 0.6) is 5.75 Å². The normalized spacial score (nSPS) is 13.5. The standard InChI is InChI=1S/C32H32Cl2N6O5/c1-21-6-7-22-4-3-5-28(32(22)36-21)45-20-25-26(33)12-13-27(31(25)34)37(2)30(42)18-35-29(41)19-38-14-16-39(17-15-38)23-8-10-24(11-9-23)40(43)44/h3-13H,14-20H2,1-2H3,(H,35,41). The van der Waals surface area contributed by atoms with Crippen molar-refractivity contribution in [2.75, 3.05) is 56.1 Å². The number of anilines is 2. The third-order valence-corrected chi connectivity index (χ3v) is 8.47. The number of ether oxygens (including phenoxy) is 1. The summed E-state index contributed by atoms with van der Waals surface area (Å²) in [4.78, 5) is 46.3. The lowest BCUT2D eigenvalue weighted by atomic mass is 10.1. The number of fused-ring (bicyclic) bond motifs is 1. The molecular weight excluding hydrogens is 619 g/mol. The molecule has 0 spiro atoms. The Morgan fingerprint density at radius 1 is 1.02 bits per heavy atom. The molecule has 2 heterocycles. The molecule has 0 radical (unpaired) electrons. The number of amides is 2. The minimum absolute atomic E-state index is 0.0479. The lowest BCUT2D eigenvalue weighted by molar-refractivity contribution is -0.384. The summed E-state index contributed by atoms with van der Waals surface area (Å²) in [5.74, 6) is -0.0273. The van der Waals surface area contributed by atoms with Crippen molar-refractivity contribution in [2.24, 2.45) is 0 Å². The summed E-state index contributed by atoms with van der Waals surface area (Å²) in [5, 5.41) is 15.2. The summed E-state index contributed by atoms with van der Waals surface area (Å²) >= 11 is 13.2. The van der Waals surface area contributed by atoms with E-state index in [2.05, 4.69) is 15.2 Å². The van der Waals surface area contributed by atoms with Crippen LogP contribution in [-0.4, -0.2) is 72.9 Å². The molecule has 0 aliphatic carbocycles. The SMILES string of the molecule is Cc1ccc2cccc(OCc3c(Cl)ccc(N(C)C(=O)CNC(=O)CN4CCN(c5ccc([N+](=O)[O-])cc5)CC4)c3Cl)c2n1. The molecule has 0 bridgehead atoms. The molecule has 0 atom stereocenters. The zero-order valence-electron chi connectivity index (χ0n) is 24.8. The number of nitro benzene ring substituents is 1. The van der Waals surface area contributed by atoms with Crippen LogP contribution >= 0.6 is 23.2 Å². The number of likely N-dealkylation sites (N-methyl/N-ethyl adjacent to an activating group) is 1. The van der Waals surface area contributed by atoms with Gasteiger partial charge in [0.05, 0.1) is 28.7 Å². The molecule has 1 aromatic heterocycles. The lowest BCUT2D eigenvalue weighted by Gasteiger charge is -2.35. The number of non-ortho nitro benzene ring substituents is 1. The zero-order valence-corrected chi connectivity index (χ0v) is 26.3. The Kier molecular flexibility index (Phi) is 10.0. The maximum absolute atomic E-state index is 13.0. The Morgan fingerprint density at radius 2 is 1.76 bits per heavy atom. The first-order chi connectivity index (χ1) is 21.6. The van der Waals surface area contributed by atoms with E-state index in [1.807, 2.05) is 42.2 Å². The predicted octanol–water partition coefficient (Wildman–Crippen LogP) is 5.24. The third kappa shape index (κ3) is 7.62. The van der Waals surface area contributed by atoms with E-state index < -0.39 is 4.92 Å². The van der Waals surface area contributed by atoms with E-state index in [-0.39, 0.29) is 42.2 Å². The van der Waals surface area contributed by atoms with Crippen LogP contribution in [0.2, 0.25) is 10.0 Å².